The molecular formula is C40H38N4O5. The normalized spacial score (nSPS) is 18.8. The van der Waals surface area contributed by atoms with Gasteiger partial charge in [-0.25, -0.2) is 14.8 Å². The summed E-state index contributed by atoms with van der Waals surface area (Å²) in [4.78, 5) is 22.2. The van der Waals surface area contributed by atoms with Crippen LogP contribution in [-0.4, -0.2) is 44.5 Å². The number of aromatic nitrogens is 3. The number of carbonyl (C=O) groups excluding carboxylic acids is 1. The summed E-state index contributed by atoms with van der Waals surface area (Å²) in [5.74, 6) is 0.0372. The average Bonchev–Trinajstić information content (AvgIpc) is 3.69. The van der Waals surface area contributed by atoms with Gasteiger partial charge in [-0.05, 0) is 28.7 Å². The van der Waals surface area contributed by atoms with E-state index in [2.05, 4.69) is 15.3 Å². The van der Waals surface area contributed by atoms with Crippen molar-refractivity contribution >= 4 is 22.9 Å². The number of ether oxygens (including phenoxy) is 3. The third kappa shape index (κ3) is 7.54. The predicted molar refractivity (Wildman–Crippen MR) is 187 cm³/mol. The maximum Gasteiger partial charge on any atom is 0.413 e. The van der Waals surface area contributed by atoms with Crippen molar-refractivity contribution in [2.45, 2.75) is 44.5 Å². The molecule has 49 heavy (non-hydrogen) atoms. The van der Waals surface area contributed by atoms with Gasteiger partial charge in [0.15, 0.2) is 0 Å². The van der Waals surface area contributed by atoms with Crippen molar-refractivity contribution in [1.82, 2.24) is 14.5 Å². The van der Waals surface area contributed by atoms with Gasteiger partial charge in [-0.2, -0.15) is 0 Å². The van der Waals surface area contributed by atoms with Crippen molar-refractivity contribution < 1.29 is 24.1 Å². The lowest BCUT2D eigenvalue weighted by Gasteiger charge is -2.23. The van der Waals surface area contributed by atoms with E-state index in [1.807, 2.05) is 132 Å². The molecule has 4 atom stereocenters. The third-order valence-corrected chi connectivity index (χ3v) is 9.00. The van der Waals surface area contributed by atoms with Gasteiger partial charge in [-0.3, -0.25) is 5.32 Å². The number of nitrogens with one attached hydrogen (secondary N) is 1. The first kappa shape index (κ1) is 32.2. The molecule has 9 nitrogen and oxygen atoms in total. The second kappa shape index (κ2) is 15.3. The van der Waals surface area contributed by atoms with Crippen molar-refractivity contribution in [3.05, 3.63) is 151 Å². The van der Waals surface area contributed by atoms with Gasteiger partial charge in [0.2, 0.25) is 0 Å². The summed E-state index contributed by atoms with van der Waals surface area (Å²) in [6.07, 6.45) is 2.26. The maximum atomic E-state index is 13.0. The molecule has 1 amide bonds. The van der Waals surface area contributed by atoms with Crippen molar-refractivity contribution in [3.8, 4) is 11.1 Å². The highest BCUT2D eigenvalue weighted by Crippen LogP contribution is 2.43. The monoisotopic (exact) mass is 654 g/mol. The lowest BCUT2D eigenvalue weighted by molar-refractivity contribution is -0.0475. The minimum atomic E-state index is -0.794. The summed E-state index contributed by atoms with van der Waals surface area (Å²) in [5, 5.41) is 15.5. The summed E-state index contributed by atoms with van der Waals surface area (Å²) in [6.45, 7) is 1.31. The Morgan fingerprint density at radius 2 is 1.37 bits per heavy atom. The second-order valence-electron chi connectivity index (χ2n) is 12.2. The standard InChI is InChI=1S/C40H38N4O5/c45-37-33(26-47-23-28-13-5-1-6-14-28)35(48-24-29-15-7-2-8-16-29)21-34(37)44-22-32(31-19-11-4-12-20-31)36-38(41-27-42-39(36)44)43-40(46)49-25-30-17-9-3-10-18-30/h1-20,22,27,33-35,37,45H,21,23-26H2,(H,41,42,43,46). The number of benzene rings is 4. The zero-order chi connectivity index (χ0) is 33.4. The van der Waals surface area contributed by atoms with Crippen LogP contribution in [0, 0.1) is 5.92 Å². The van der Waals surface area contributed by atoms with E-state index in [4.69, 9.17) is 14.2 Å². The van der Waals surface area contributed by atoms with E-state index in [1.54, 1.807) is 0 Å². The maximum absolute atomic E-state index is 13.0. The number of nitrogens with zero attached hydrogens (tertiary/aromatic N) is 3. The number of hydrogen-bond acceptors (Lipinski definition) is 7. The molecule has 248 valence electrons. The third-order valence-electron chi connectivity index (χ3n) is 9.00. The van der Waals surface area contributed by atoms with Crippen molar-refractivity contribution in [3.63, 3.8) is 0 Å². The van der Waals surface area contributed by atoms with Gasteiger partial charge in [0.25, 0.3) is 0 Å². The van der Waals surface area contributed by atoms with Crippen LogP contribution in [0.25, 0.3) is 22.2 Å². The molecule has 4 aromatic carbocycles. The molecule has 0 aliphatic heterocycles. The SMILES string of the molecule is O=C(Nc1ncnc2c1c(-c1ccccc1)cn2C1CC(OCc2ccccc2)C(COCc2ccccc2)C1O)OCc1ccccc1. The summed E-state index contributed by atoms with van der Waals surface area (Å²) in [7, 11) is 0. The smallest absolute Gasteiger partial charge is 0.413 e. The first-order chi connectivity index (χ1) is 24.1. The van der Waals surface area contributed by atoms with E-state index in [0.717, 1.165) is 27.8 Å². The Balaban J connectivity index is 1.19. The number of carbonyl (C=O) groups is 1. The lowest BCUT2D eigenvalue weighted by atomic mass is 10.0. The summed E-state index contributed by atoms with van der Waals surface area (Å²) in [5.41, 5.74) is 5.34. The highest BCUT2D eigenvalue weighted by molar-refractivity contribution is 6.05. The number of hydrogen-bond donors (Lipinski definition) is 2. The molecule has 1 aliphatic carbocycles. The van der Waals surface area contributed by atoms with Gasteiger partial charge in [-0.1, -0.05) is 121 Å². The van der Waals surface area contributed by atoms with Crippen LogP contribution < -0.4 is 5.32 Å². The summed E-state index contributed by atoms with van der Waals surface area (Å²) < 4.78 is 20.2. The second-order valence-corrected chi connectivity index (χ2v) is 12.2. The molecule has 2 aromatic heterocycles. The number of anilines is 1. The van der Waals surface area contributed by atoms with Crippen LogP contribution in [0.3, 0.4) is 0 Å². The van der Waals surface area contributed by atoms with Gasteiger partial charge < -0.3 is 23.9 Å². The Kier molecular flexibility index (Phi) is 10.0. The number of fused-ring (bicyclic) bond motifs is 1. The minimum Gasteiger partial charge on any atom is -0.444 e. The van der Waals surface area contributed by atoms with Crippen LogP contribution in [0.4, 0.5) is 10.6 Å². The molecule has 6 aromatic rings. The number of amides is 1. The zero-order valence-electron chi connectivity index (χ0n) is 27.0. The predicted octanol–water partition coefficient (Wildman–Crippen LogP) is 7.57. The number of aliphatic hydroxyl groups is 1. The van der Waals surface area contributed by atoms with Crippen LogP contribution in [0.2, 0.25) is 0 Å². The fraction of sp³-hybridized carbons (Fsp3) is 0.225. The first-order valence-corrected chi connectivity index (χ1v) is 16.5. The first-order valence-electron chi connectivity index (χ1n) is 16.5. The molecule has 2 N–H and O–H groups in total. The molecule has 7 rings (SSSR count). The Morgan fingerprint density at radius 1 is 0.776 bits per heavy atom. The van der Waals surface area contributed by atoms with E-state index in [1.165, 1.54) is 6.33 Å². The van der Waals surface area contributed by atoms with Crippen LogP contribution in [0.1, 0.15) is 29.2 Å². The van der Waals surface area contributed by atoms with Gasteiger partial charge in [0, 0.05) is 17.7 Å². The molecular weight excluding hydrogens is 616 g/mol. The number of rotatable bonds is 12. The molecule has 0 spiro atoms. The molecule has 0 bridgehead atoms. The van der Waals surface area contributed by atoms with Gasteiger partial charge in [0.05, 0.1) is 43.5 Å². The lowest BCUT2D eigenvalue weighted by Crippen LogP contribution is -2.31. The number of aliphatic hydroxyl groups excluding tert-OH is 1. The van der Waals surface area contributed by atoms with E-state index >= 15 is 0 Å². The minimum absolute atomic E-state index is 0.125. The van der Waals surface area contributed by atoms with Crippen molar-refractivity contribution in [1.29, 1.82) is 0 Å². The van der Waals surface area contributed by atoms with Gasteiger partial charge in [-0.15, -0.1) is 0 Å². The van der Waals surface area contributed by atoms with Crippen LogP contribution in [0.5, 0.6) is 0 Å². The molecule has 0 saturated heterocycles. The van der Waals surface area contributed by atoms with E-state index in [9.17, 15) is 9.90 Å². The van der Waals surface area contributed by atoms with Crippen LogP contribution >= 0.6 is 0 Å². The summed E-state index contributed by atoms with van der Waals surface area (Å²) >= 11 is 0. The van der Waals surface area contributed by atoms with Crippen molar-refractivity contribution in [2.75, 3.05) is 11.9 Å². The fourth-order valence-electron chi connectivity index (χ4n) is 6.52. The van der Waals surface area contributed by atoms with Gasteiger partial charge in [0.1, 0.15) is 24.4 Å². The van der Waals surface area contributed by atoms with E-state index in [-0.39, 0.29) is 24.7 Å². The fourth-order valence-corrected chi connectivity index (χ4v) is 6.52. The Bertz CT molecular complexity index is 1950. The van der Waals surface area contributed by atoms with Crippen LogP contribution in [0.15, 0.2) is 134 Å². The molecule has 1 aliphatic rings. The highest BCUT2D eigenvalue weighted by Gasteiger charge is 2.45. The van der Waals surface area contributed by atoms with E-state index in [0.29, 0.717) is 43.1 Å². The zero-order valence-corrected chi connectivity index (χ0v) is 27.0. The molecule has 1 saturated carbocycles. The van der Waals surface area contributed by atoms with Crippen molar-refractivity contribution in [2.24, 2.45) is 5.92 Å². The average molecular weight is 655 g/mol. The largest absolute Gasteiger partial charge is 0.444 e. The highest BCUT2D eigenvalue weighted by atomic mass is 16.5. The quantitative estimate of drug-likeness (QED) is 0.140. The molecule has 2 heterocycles. The molecule has 0 radical (unpaired) electrons. The topological polar surface area (TPSA) is 108 Å². The molecule has 9 heteroatoms. The van der Waals surface area contributed by atoms with E-state index < -0.39 is 12.2 Å². The Labute approximate surface area is 285 Å². The summed E-state index contributed by atoms with van der Waals surface area (Å²) in [6, 6.07) is 39.0. The van der Waals surface area contributed by atoms with Gasteiger partial charge >= 0.3 is 6.09 Å². The van der Waals surface area contributed by atoms with Crippen LogP contribution in [-0.2, 0) is 34.0 Å². The Hall–Kier alpha value is -5.35. The molecule has 1 fully saturated rings. The Morgan fingerprint density at radius 3 is 2.02 bits per heavy atom. The molecule has 4 unspecified atom stereocenters.